The summed E-state index contributed by atoms with van der Waals surface area (Å²) in [5.74, 6) is 1.62. The molecule has 0 aliphatic carbocycles. The van der Waals surface area contributed by atoms with Gasteiger partial charge in [0.05, 0.1) is 32.7 Å². The molecule has 0 saturated carbocycles. The summed E-state index contributed by atoms with van der Waals surface area (Å²) in [4.78, 5) is 28.7. The number of piperidine rings is 2. The van der Waals surface area contributed by atoms with Gasteiger partial charge in [-0.25, -0.2) is 4.79 Å². The number of benzene rings is 2. The molecule has 2 heterocycles. The molecular weight excluding hydrogens is 534 g/mol. The van der Waals surface area contributed by atoms with Crippen molar-refractivity contribution in [3.63, 3.8) is 0 Å². The summed E-state index contributed by atoms with van der Waals surface area (Å²) >= 11 is 0. The number of aliphatic hydroxyl groups excluding tert-OH is 1. The molecule has 3 N–H and O–H groups in total. The van der Waals surface area contributed by atoms with Crippen molar-refractivity contribution < 1.29 is 24.2 Å². The first-order valence-corrected chi connectivity index (χ1v) is 15.9. The van der Waals surface area contributed by atoms with Crippen LogP contribution in [0.1, 0.15) is 49.7 Å². The van der Waals surface area contributed by atoms with Crippen LogP contribution in [0.2, 0.25) is 0 Å². The number of aliphatic hydroxyl groups is 1. The number of carbonyl (C=O) groups is 2. The molecule has 2 aliphatic rings. The molecule has 2 aromatic carbocycles. The number of hydrogen-bond acceptors (Lipinski definition) is 8. The molecule has 3 unspecified atom stereocenters. The van der Waals surface area contributed by atoms with Crippen LogP contribution in [-0.4, -0.2) is 60.2 Å². The molecule has 2 aromatic rings. The number of methoxy groups -OCH3 is 1. The average Bonchev–Trinajstić information content (AvgIpc) is 2.94. The van der Waals surface area contributed by atoms with Crippen LogP contribution in [0, 0.1) is 12.8 Å². The Morgan fingerprint density at radius 2 is 1.92 bits per heavy atom. The lowest BCUT2D eigenvalue weighted by Crippen LogP contribution is -2.57. The average molecular weight is 574 g/mol. The number of fused-ring (bicyclic) bond motifs is 2. The highest BCUT2D eigenvalue weighted by atomic mass is 33.1. The summed E-state index contributed by atoms with van der Waals surface area (Å²) in [6.45, 7) is 2.90. The maximum atomic E-state index is 12.6. The third-order valence-electron chi connectivity index (χ3n) is 7.50. The van der Waals surface area contributed by atoms with Crippen LogP contribution in [0.5, 0.6) is 5.75 Å². The van der Waals surface area contributed by atoms with Gasteiger partial charge in [-0.3, -0.25) is 15.0 Å². The van der Waals surface area contributed by atoms with Gasteiger partial charge in [-0.1, -0.05) is 46.2 Å². The molecule has 2 aliphatic heterocycles. The van der Waals surface area contributed by atoms with Crippen molar-refractivity contribution in [2.75, 3.05) is 31.5 Å². The number of nitrogens with one attached hydrogen (secondary N) is 2. The maximum absolute atomic E-state index is 12.6. The van der Waals surface area contributed by atoms with Crippen molar-refractivity contribution in [3.05, 3.63) is 53.6 Å². The topological polar surface area (TPSA) is 100 Å². The van der Waals surface area contributed by atoms with Crippen molar-refractivity contribution in [1.29, 1.82) is 0 Å². The Labute approximate surface area is 239 Å². The zero-order valence-electron chi connectivity index (χ0n) is 22.7. The van der Waals surface area contributed by atoms with Crippen LogP contribution < -0.4 is 15.4 Å². The lowest BCUT2D eigenvalue weighted by Gasteiger charge is -2.49. The summed E-state index contributed by atoms with van der Waals surface area (Å²) < 4.78 is 11.0. The fraction of sp³-hybridized carbons (Fsp3) is 0.517. The van der Waals surface area contributed by atoms with Crippen LogP contribution in [0.15, 0.2) is 47.4 Å². The van der Waals surface area contributed by atoms with Crippen molar-refractivity contribution in [1.82, 2.24) is 10.2 Å². The first-order valence-electron chi connectivity index (χ1n) is 13.6. The summed E-state index contributed by atoms with van der Waals surface area (Å²) in [7, 11) is 4.88. The highest BCUT2D eigenvalue weighted by molar-refractivity contribution is 8.76. The SMILES string of the molecule is COc1ccc(C)cc1NC(=O)OCC1CCC2CCCC1N2CNC(=O)CCSSc1ccc(CO)cc1. The molecule has 2 bridgehead atoms. The Morgan fingerprint density at radius 3 is 2.69 bits per heavy atom. The van der Waals surface area contributed by atoms with E-state index in [0.29, 0.717) is 43.2 Å². The van der Waals surface area contributed by atoms with Gasteiger partial charge in [0.2, 0.25) is 5.91 Å². The van der Waals surface area contributed by atoms with Gasteiger partial charge in [-0.15, -0.1) is 0 Å². The Hall–Kier alpha value is -2.40. The summed E-state index contributed by atoms with van der Waals surface area (Å²) in [5, 5.41) is 15.1. The van der Waals surface area contributed by atoms with Gasteiger partial charge >= 0.3 is 6.09 Å². The Bertz CT molecular complexity index is 1100. The highest BCUT2D eigenvalue weighted by Crippen LogP contribution is 2.37. The predicted octanol–water partition coefficient (Wildman–Crippen LogP) is 5.58. The Kier molecular flexibility index (Phi) is 11.3. The largest absolute Gasteiger partial charge is 0.495 e. The third kappa shape index (κ3) is 8.54. The normalized spacial score (nSPS) is 20.7. The van der Waals surface area contributed by atoms with E-state index < -0.39 is 6.09 Å². The zero-order valence-corrected chi connectivity index (χ0v) is 24.3. The van der Waals surface area contributed by atoms with E-state index in [1.807, 2.05) is 49.4 Å². The lowest BCUT2D eigenvalue weighted by molar-refractivity contribution is -0.122. The Balaban J connectivity index is 1.20. The molecule has 2 fully saturated rings. The number of hydrogen-bond donors (Lipinski definition) is 3. The molecule has 4 rings (SSSR count). The van der Waals surface area contributed by atoms with Crippen LogP contribution >= 0.6 is 21.6 Å². The number of amides is 2. The summed E-state index contributed by atoms with van der Waals surface area (Å²) in [6.07, 6.45) is 5.42. The van der Waals surface area contributed by atoms with E-state index in [0.717, 1.165) is 53.9 Å². The zero-order chi connectivity index (χ0) is 27.6. The number of nitrogens with zero attached hydrogens (tertiary/aromatic N) is 1. The van der Waals surface area contributed by atoms with Crippen molar-refractivity contribution in [2.24, 2.45) is 5.92 Å². The van der Waals surface area contributed by atoms with Gasteiger partial charge in [0.1, 0.15) is 5.75 Å². The molecule has 10 heteroatoms. The fourth-order valence-corrected chi connectivity index (χ4v) is 7.41. The van der Waals surface area contributed by atoms with Crippen LogP contribution in [0.4, 0.5) is 10.5 Å². The molecule has 0 aromatic heterocycles. The van der Waals surface area contributed by atoms with Gasteiger partial charge in [0.25, 0.3) is 0 Å². The minimum absolute atomic E-state index is 0.0454. The number of carbonyl (C=O) groups excluding carboxylic acids is 2. The Morgan fingerprint density at radius 1 is 1.10 bits per heavy atom. The monoisotopic (exact) mass is 573 g/mol. The predicted molar refractivity (Wildman–Crippen MR) is 157 cm³/mol. The smallest absolute Gasteiger partial charge is 0.411 e. The quantitative estimate of drug-likeness (QED) is 0.224. The minimum atomic E-state index is -0.476. The van der Waals surface area contributed by atoms with E-state index in [1.165, 1.54) is 0 Å². The molecule has 212 valence electrons. The third-order valence-corrected chi connectivity index (χ3v) is 9.88. The first kappa shape index (κ1) is 29.6. The molecule has 3 atom stereocenters. The second-order valence-electron chi connectivity index (χ2n) is 10.1. The molecular formula is C29H39N3O5S2. The van der Waals surface area contributed by atoms with Gasteiger partial charge < -0.3 is 19.9 Å². The van der Waals surface area contributed by atoms with E-state index in [4.69, 9.17) is 14.6 Å². The molecule has 2 saturated heterocycles. The van der Waals surface area contributed by atoms with Crippen LogP contribution in [0.3, 0.4) is 0 Å². The lowest BCUT2D eigenvalue weighted by atomic mass is 9.78. The van der Waals surface area contributed by atoms with Crippen LogP contribution in [0.25, 0.3) is 0 Å². The van der Waals surface area contributed by atoms with Gasteiger partial charge in [-0.2, -0.15) is 0 Å². The first-order chi connectivity index (χ1) is 19.0. The molecule has 39 heavy (non-hydrogen) atoms. The van der Waals surface area contributed by atoms with Crippen LogP contribution in [-0.2, 0) is 16.1 Å². The van der Waals surface area contributed by atoms with E-state index in [9.17, 15) is 9.59 Å². The minimum Gasteiger partial charge on any atom is -0.495 e. The molecule has 8 nitrogen and oxygen atoms in total. The maximum Gasteiger partial charge on any atom is 0.411 e. The number of ether oxygens (including phenoxy) is 2. The highest BCUT2D eigenvalue weighted by Gasteiger charge is 2.40. The molecule has 0 spiro atoms. The second kappa shape index (κ2) is 14.8. The fourth-order valence-electron chi connectivity index (χ4n) is 5.43. The standard InChI is InChI=1S/C29H39N3O5S2/c1-20-6-13-27(36-2)25(16-20)31-29(35)37-18-22-9-10-23-4-3-5-26(22)32(23)19-30-28(34)14-15-38-39-24-11-7-21(17-33)8-12-24/h6-8,11-13,16,22-23,26,33H,3-5,9-10,14-15,17-19H2,1-2H3,(H,30,34)(H,31,35). The molecule has 0 radical (unpaired) electrons. The van der Waals surface area contributed by atoms with Gasteiger partial charge in [0.15, 0.2) is 0 Å². The van der Waals surface area contributed by atoms with Crippen molar-refractivity contribution >= 4 is 39.3 Å². The number of aryl methyl sites for hydroxylation is 1. The summed E-state index contributed by atoms with van der Waals surface area (Å²) in [5.41, 5.74) is 2.52. The van der Waals surface area contributed by atoms with Gasteiger partial charge in [0, 0.05) is 35.1 Å². The molecule has 2 amide bonds. The van der Waals surface area contributed by atoms with Crippen molar-refractivity contribution in [3.8, 4) is 5.75 Å². The van der Waals surface area contributed by atoms with E-state index in [-0.39, 0.29) is 18.4 Å². The van der Waals surface area contributed by atoms with E-state index in [1.54, 1.807) is 28.7 Å². The van der Waals surface area contributed by atoms with Gasteiger partial charge in [-0.05, 0) is 68.0 Å². The number of rotatable bonds is 12. The number of anilines is 1. The van der Waals surface area contributed by atoms with Crippen molar-refractivity contribution in [2.45, 2.75) is 69.0 Å². The summed E-state index contributed by atoms with van der Waals surface area (Å²) in [6, 6.07) is 14.2. The van der Waals surface area contributed by atoms with E-state index >= 15 is 0 Å². The second-order valence-corrected chi connectivity index (χ2v) is 12.6. The van der Waals surface area contributed by atoms with E-state index in [2.05, 4.69) is 15.5 Å².